The normalized spacial score (nSPS) is 16.9. The van der Waals surface area contributed by atoms with Gasteiger partial charge >= 0.3 is 0 Å². The number of fused-ring (bicyclic) bond motifs is 1. The number of hydrogen-bond acceptors (Lipinski definition) is 2. The Morgan fingerprint density at radius 3 is 2.21 bits per heavy atom. The van der Waals surface area contributed by atoms with Crippen molar-refractivity contribution in [2.75, 3.05) is 0 Å². The van der Waals surface area contributed by atoms with Crippen LogP contribution in [-0.2, 0) is 50.3 Å². The molecule has 0 saturated heterocycles. The second-order valence-corrected chi connectivity index (χ2v) is 3.67. The standard InChI is InChI=1S/C11H11O2.Y/c12-6-5-11(13)7-9-3-1-2-4-10(9)8-11;/h1-4,13H,5,7-8H2;/q-1;. The molecule has 3 heteroatoms. The van der Waals surface area contributed by atoms with Gasteiger partial charge in [-0.1, -0.05) is 24.3 Å². The summed E-state index contributed by atoms with van der Waals surface area (Å²) in [5.74, 6) is 0. The molecule has 14 heavy (non-hydrogen) atoms. The molecule has 0 spiro atoms. The van der Waals surface area contributed by atoms with Gasteiger partial charge in [0.25, 0.3) is 0 Å². The van der Waals surface area contributed by atoms with E-state index in [1.807, 2.05) is 24.3 Å². The van der Waals surface area contributed by atoms with E-state index in [-0.39, 0.29) is 39.1 Å². The van der Waals surface area contributed by atoms with Crippen LogP contribution in [0.4, 0.5) is 0 Å². The molecule has 0 fully saturated rings. The maximum atomic E-state index is 10.2. The van der Waals surface area contributed by atoms with Crippen LogP contribution in [0.3, 0.4) is 0 Å². The molecule has 0 atom stereocenters. The van der Waals surface area contributed by atoms with Crippen LogP contribution < -0.4 is 0 Å². The minimum atomic E-state index is -0.870. The van der Waals surface area contributed by atoms with E-state index < -0.39 is 5.60 Å². The molecule has 71 valence electrons. The van der Waals surface area contributed by atoms with Gasteiger partial charge < -0.3 is 9.90 Å². The molecule has 0 amide bonds. The molecule has 2 rings (SSSR count). The number of aliphatic hydroxyl groups is 1. The largest absolute Gasteiger partial charge is 0.542 e. The second-order valence-electron chi connectivity index (χ2n) is 3.67. The molecule has 1 aromatic carbocycles. The minimum absolute atomic E-state index is 0. The summed E-state index contributed by atoms with van der Waals surface area (Å²) in [5, 5.41) is 9.95. The summed E-state index contributed by atoms with van der Waals surface area (Å²) in [4.78, 5) is 10.2. The second kappa shape index (κ2) is 4.65. The minimum Gasteiger partial charge on any atom is -0.542 e. The third-order valence-corrected chi connectivity index (χ3v) is 2.56. The zero-order valence-electron chi connectivity index (χ0n) is 7.86. The fraction of sp³-hybridized carbons (Fsp3) is 0.364. The average molecular weight is 264 g/mol. The van der Waals surface area contributed by atoms with Crippen LogP contribution in [0.2, 0.25) is 0 Å². The monoisotopic (exact) mass is 264 g/mol. The maximum Gasteiger partial charge on any atom is 0.0492 e. The van der Waals surface area contributed by atoms with Gasteiger partial charge in [-0.05, 0) is 24.0 Å². The van der Waals surface area contributed by atoms with Gasteiger partial charge in [0, 0.05) is 38.3 Å². The Hall–Kier alpha value is -0.0461. The smallest absolute Gasteiger partial charge is 0.0492 e. The zero-order valence-corrected chi connectivity index (χ0v) is 10.7. The van der Waals surface area contributed by atoms with Crippen molar-refractivity contribution in [1.82, 2.24) is 0 Å². The summed E-state index contributed by atoms with van der Waals surface area (Å²) in [5.41, 5.74) is 1.44. The fourth-order valence-corrected chi connectivity index (χ4v) is 1.93. The third-order valence-electron chi connectivity index (χ3n) is 2.56. The van der Waals surface area contributed by atoms with E-state index in [2.05, 4.69) is 0 Å². The summed E-state index contributed by atoms with van der Waals surface area (Å²) in [6, 6.07) is 7.90. The number of carbonyl (C=O) groups excluding carboxylic acids is 1. The Kier molecular flexibility index (Phi) is 3.99. The zero-order chi connectivity index (χ0) is 9.31. The van der Waals surface area contributed by atoms with E-state index in [1.54, 1.807) is 6.29 Å². The Morgan fingerprint density at radius 2 is 1.79 bits per heavy atom. The van der Waals surface area contributed by atoms with E-state index in [0.717, 1.165) is 11.1 Å². The molecule has 0 aliphatic heterocycles. The van der Waals surface area contributed by atoms with Gasteiger partial charge in [-0.2, -0.15) is 0 Å². The first-order valence-electron chi connectivity index (χ1n) is 4.38. The topological polar surface area (TPSA) is 37.3 Å². The van der Waals surface area contributed by atoms with E-state index in [9.17, 15) is 9.90 Å². The van der Waals surface area contributed by atoms with Crippen LogP contribution in [0.25, 0.3) is 0 Å². The molecule has 1 radical (unpaired) electrons. The molecule has 0 aromatic heterocycles. The Bertz CT molecular complexity index is 311. The van der Waals surface area contributed by atoms with E-state index >= 15 is 0 Å². The van der Waals surface area contributed by atoms with E-state index in [4.69, 9.17) is 0 Å². The van der Waals surface area contributed by atoms with E-state index in [1.165, 1.54) is 0 Å². The van der Waals surface area contributed by atoms with Gasteiger partial charge in [-0.25, -0.2) is 0 Å². The Morgan fingerprint density at radius 1 is 1.29 bits per heavy atom. The fourth-order valence-electron chi connectivity index (χ4n) is 1.93. The Labute approximate surface area is 109 Å². The SMILES string of the molecule is O=[C-]CC1(O)Cc2ccccc2C1.[Y]. The molecule has 0 saturated carbocycles. The molecule has 1 aliphatic rings. The predicted octanol–water partition coefficient (Wildman–Crippen LogP) is 1.01. The Balaban J connectivity index is 0.000000980. The first-order valence-corrected chi connectivity index (χ1v) is 4.38. The quantitative estimate of drug-likeness (QED) is 0.809. The van der Waals surface area contributed by atoms with Crippen molar-refractivity contribution >= 4 is 6.29 Å². The predicted molar refractivity (Wildman–Crippen MR) is 49.1 cm³/mol. The molecule has 1 N–H and O–H groups in total. The molecule has 2 nitrogen and oxygen atoms in total. The van der Waals surface area contributed by atoms with Crippen molar-refractivity contribution in [3.63, 3.8) is 0 Å². The number of benzene rings is 1. The molecule has 1 aromatic rings. The van der Waals surface area contributed by atoms with Crippen LogP contribution in [0.5, 0.6) is 0 Å². The van der Waals surface area contributed by atoms with Gasteiger partial charge in [0.15, 0.2) is 0 Å². The van der Waals surface area contributed by atoms with Gasteiger partial charge in [0.05, 0.1) is 0 Å². The van der Waals surface area contributed by atoms with Crippen molar-refractivity contribution < 1.29 is 42.6 Å². The summed E-state index contributed by atoms with van der Waals surface area (Å²) in [6.07, 6.45) is 3.06. The van der Waals surface area contributed by atoms with Crippen LogP contribution in [0, 0.1) is 0 Å². The molecule has 0 unspecified atom stereocenters. The van der Waals surface area contributed by atoms with Crippen molar-refractivity contribution in [3.8, 4) is 0 Å². The van der Waals surface area contributed by atoms with E-state index in [0.29, 0.717) is 12.8 Å². The number of hydrogen-bond donors (Lipinski definition) is 1. The van der Waals surface area contributed by atoms with Gasteiger partial charge in [0.2, 0.25) is 0 Å². The van der Waals surface area contributed by atoms with Crippen LogP contribution >= 0.6 is 0 Å². The number of rotatable bonds is 2. The molecule has 0 heterocycles. The first kappa shape index (κ1) is 12.0. The molecular weight excluding hydrogens is 253 g/mol. The molecule has 1 aliphatic carbocycles. The van der Waals surface area contributed by atoms with Gasteiger partial charge in [-0.3, -0.25) is 6.29 Å². The van der Waals surface area contributed by atoms with Gasteiger partial charge in [-0.15, -0.1) is 6.42 Å². The third kappa shape index (κ3) is 2.30. The average Bonchev–Trinajstić information content (AvgIpc) is 2.40. The van der Waals surface area contributed by atoms with Crippen molar-refractivity contribution in [2.45, 2.75) is 24.9 Å². The molecule has 0 bridgehead atoms. The summed E-state index contributed by atoms with van der Waals surface area (Å²) in [7, 11) is 0. The first-order chi connectivity index (χ1) is 6.23. The summed E-state index contributed by atoms with van der Waals surface area (Å²) >= 11 is 0. The van der Waals surface area contributed by atoms with Gasteiger partial charge in [0.1, 0.15) is 0 Å². The molecular formula is C11H11O2Y-. The summed E-state index contributed by atoms with van der Waals surface area (Å²) < 4.78 is 0. The maximum absolute atomic E-state index is 10.2. The van der Waals surface area contributed by atoms with Crippen molar-refractivity contribution in [3.05, 3.63) is 35.4 Å². The summed E-state index contributed by atoms with van der Waals surface area (Å²) in [6.45, 7) is 0. The van der Waals surface area contributed by atoms with Crippen molar-refractivity contribution in [1.29, 1.82) is 0 Å². The van der Waals surface area contributed by atoms with Crippen molar-refractivity contribution in [2.24, 2.45) is 0 Å². The van der Waals surface area contributed by atoms with Crippen LogP contribution in [-0.4, -0.2) is 17.0 Å². The van der Waals surface area contributed by atoms with Crippen LogP contribution in [0.15, 0.2) is 24.3 Å². The van der Waals surface area contributed by atoms with Crippen LogP contribution in [0.1, 0.15) is 17.5 Å².